The first-order valence-electron chi connectivity index (χ1n) is 10.0. The molecular weight excluding hydrogens is 443 g/mol. The van der Waals surface area contributed by atoms with Gasteiger partial charge >= 0.3 is 6.18 Å². The number of anilines is 1. The van der Waals surface area contributed by atoms with Crippen molar-refractivity contribution in [2.24, 2.45) is 0 Å². The number of carbonyl (C=O) groups is 1. The molecule has 6 nitrogen and oxygen atoms in total. The Morgan fingerprint density at radius 3 is 2.69 bits per heavy atom. The molecule has 0 unspecified atom stereocenters. The van der Waals surface area contributed by atoms with Crippen molar-refractivity contribution in [1.29, 1.82) is 0 Å². The van der Waals surface area contributed by atoms with E-state index in [-0.39, 0.29) is 23.1 Å². The zero-order valence-electron chi connectivity index (χ0n) is 16.9. The monoisotopic (exact) mass is 463 g/mol. The molecule has 1 aromatic heterocycles. The molecule has 1 aliphatic rings. The van der Waals surface area contributed by atoms with Crippen LogP contribution in [0.3, 0.4) is 0 Å². The van der Waals surface area contributed by atoms with Crippen LogP contribution in [0.1, 0.15) is 18.4 Å². The maximum Gasteiger partial charge on any atom is 0.418 e. The second-order valence-electron chi connectivity index (χ2n) is 7.34. The van der Waals surface area contributed by atoms with Gasteiger partial charge in [-0.2, -0.15) is 13.2 Å². The summed E-state index contributed by atoms with van der Waals surface area (Å²) in [4.78, 5) is 30.0. The number of ether oxygens (including phenoxy) is 1. The Bertz CT molecular complexity index is 1190. The van der Waals surface area contributed by atoms with Gasteiger partial charge in [-0.25, -0.2) is 4.98 Å². The number of nitrogens with zero attached hydrogens (tertiary/aromatic N) is 2. The smallest absolute Gasteiger partial charge is 0.376 e. The van der Waals surface area contributed by atoms with Gasteiger partial charge in [0.15, 0.2) is 5.16 Å². The first-order chi connectivity index (χ1) is 15.3. The number of para-hydroxylation sites is 2. The zero-order valence-corrected chi connectivity index (χ0v) is 17.7. The quantitative estimate of drug-likeness (QED) is 0.435. The molecule has 1 fully saturated rings. The number of rotatable bonds is 6. The second kappa shape index (κ2) is 9.33. The van der Waals surface area contributed by atoms with Crippen LogP contribution in [0.15, 0.2) is 58.5 Å². The fraction of sp³-hybridized carbons (Fsp3) is 0.318. The second-order valence-corrected chi connectivity index (χ2v) is 8.29. The first-order valence-corrected chi connectivity index (χ1v) is 11.0. The number of hydrogen-bond acceptors (Lipinski definition) is 5. The number of fused-ring (bicyclic) bond motifs is 1. The summed E-state index contributed by atoms with van der Waals surface area (Å²) >= 11 is 1.00. The standard InChI is InChI=1S/C22H20F3N3O3S/c23-22(24,25)16-8-2-4-10-18(16)26-19(29)13-32-21-27-17-9-3-1-7-15(17)20(30)28(21)12-14-6-5-11-31-14/h1-4,7-10,14H,5-6,11-13H2,(H,26,29)/t14-/m1/s1. The molecule has 0 bridgehead atoms. The largest absolute Gasteiger partial charge is 0.418 e. The summed E-state index contributed by atoms with van der Waals surface area (Å²) in [6.45, 7) is 0.932. The summed E-state index contributed by atoms with van der Waals surface area (Å²) in [6.07, 6.45) is -2.98. The third kappa shape index (κ3) is 4.97. The third-order valence-corrected chi connectivity index (χ3v) is 6.05. The summed E-state index contributed by atoms with van der Waals surface area (Å²) in [5, 5.41) is 3.09. The molecule has 2 heterocycles. The number of benzene rings is 2. The Hall–Kier alpha value is -2.85. The van der Waals surface area contributed by atoms with Crippen LogP contribution in [0, 0.1) is 0 Å². The Morgan fingerprint density at radius 2 is 1.94 bits per heavy atom. The van der Waals surface area contributed by atoms with E-state index in [1.807, 2.05) is 0 Å². The lowest BCUT2D eigenvalue weighted by Gasteiger charge is -2.17. The Labute approximate surface area is 185 Å². The molecule has 1 N–H and O–H groups in total. The third-order valence-electron chi connectivity index (χ3n) is 5.08. The van der Waals surface area contributed by atoms with E-state index in [9.17, 15) is 22.8 Å². The van der Waals surface area contributed by atoms with Crippen LogP contribution >= 0.6 is 11.8 Å². The molecule has 2 aromatic carbocycles. The Balaban J connectivity index is 1.56. The van der Waals surface area contributed by atoms with Gasteiger partial charge < -0.3 is 10.1 Å². The number of carbonyl (C=O) groups excluding carboxylic acids is 1. The van der Waals surface area contributed by atoms with Crippen LogP contribution < -0.4 is 10.9 Å². The summed E-state index contributed by atoms with van der Waals surface area (Å²) in [5.74, 6) is -0.833. The number of nitrogens with one attached hydrogen (secondary N) is 1. The minimum absolute atomic E-state index is 0.123. The van der Waals surface area contributed by atoms with Gasteiger partial charge in [-0.3, -0.25) is 14.2 Å². The van der Waals surface area contributed by atoms with Crippen LogP contribution in [0.4, 0.5) is 18.9 Å². The molecule has 1 aliphatic heterocycles. The van der Waals surface area contributed by atoms with Crippen molar-refractivity contribution in [1.82, 2.24) is 9.55 Å². The molecule has 0 saturated carbocycles. The average Bonchev–Trinajstić information content (AvgIpc) is 3.27. The van der Waals surface area contributed by atoms with E-state index in [1.54, 1.807) is 24.3 Å². The molecule has 0 radical (unpaired) electrons. The lowest BCUT2D eigenvalue weighted by Crippen LogP contribution is -2.29. The van der Waals surface area contributed by atoms with E-state index >= 15 is 0 Å². The maximum atomic E-state index is 13.2. The normalized spacial score (nSPS) is 16.4. The van der Waals surface area contributed by atoms with E-state index in [4.69, 9.17) is 4.74 Å². The number of alkyl halides is 3. The van der Waals surface area contributed by atoms with Gasteiger partial charge in [0, 0.05) is 6.61 Å². The van der Waals surface area contributed by atoms with Crippen LogP contribution in [0.2, 0.25) is 0 Å². The number of thioether (sulfide) groups is 1. The minimum Gasteiger partial charge on any atom is -0.376 e. The van der Waals surface area contributed by atoms with Crippen molar-refractivity contribution in [3.8, 4) is 0 Å². The maximum absolute atomic E-state index is 13.2. The van der Waals surface area contributed by atoms with E-state index in [0.717, 1.165) is 30.7 Å². The van der Waals surface area contributed by atoms with E-state index in [2.05, 4.69) is 10.3 Å². The zero-order chi connectivity index (χ0) is 22.7. The van der Waals surface area contributed by atoms with E-state index < -0.39 is 17.6 Å². The van der Waals surface area contributed by atoms with E-state index in [1.165, 1.54) is 22.8 Å². The molecule has 1 saturated heterocycles. The highest BCUT2D eigenvalue weighted by atomic mass is 32.2. The molecule has 0 aliphatic carbocycles. The highest BCUT2D eigenvalue weighted by Crippen LogP contribution is 2.34. The van der Waals surface area contributed by atoms with Crippen molar-refractivity contribution in [2.45, 2.75) is 36.8 Å². The molecule has 4 rings (SSSR count). The molecule has 32 heavy (non-hydrogen) atoms. The van der Waals surface area contributed by atoms with Crippen molar-refractivity contribution < 1.29 is 22.7 Å². The first kappa shape index (κ1) is 22.3. The van der Waals surface area contributed by atoms with Gasteiger partial charge in [-0.1, -0.05) is 36.0 Å². The van der Waals surface area contributed by atoms with Crippen molar-refractivity contribution >= 4 is 34.3 Å². The predicted octanol–water partition coefficient (Wildman–Crippen LogP) is 4.33. The van der Waals surface area contributed by atoms with Gasteiger partial charge in [-0.05, 0) is 37.1 Å². The van der Waals surface area contributed by atoms with Crippen LogP contribution in [0.25, 0.3) is 10.9 Å². The van der Waals surface area contributed by atoms with E-state index in [0.29, 0.717) is 29.2 Å². The van der Waals surface area contributed by atoms with Crippen molar-refractivity contribution in [2.75, 3.05) is 17.7 Å². The van der Waals surface area contributed by atoms with Crippen molar-refractivity contribution in [3.63, 3.8) is 0 Å². The van der Waals surface area contributed by atoms with Gasteiger partial charge in [0.05, 0.1) is 40.6 Å². The molecule has 0 spiro atoms. The Kier molecular flexibility index (Phi) is 6.52. The lowest BCUT2D eigenvalue weighted by molar-refractivity contribution is -0.137. The van der Waals surface area contributed by atoms with Crippen molar-refractivity contribution in [3.05, 3.63) is 64.4 Å². The van der Waals surface area contributed by atoms with Gasteiger partial charge in [-0.15, -0.1) is 0 Å². The molecule has 1 atom stereocenters. The van der Waals surface area contributed by atoms with Gasteiger partial charge in [0.25, 0.3) is 5.56 Å². The molecule has 3 aromatic rings. The number of halogens is 3. The highest BCUT2D eigenvalue weighted by molar-refractivity contribution is 7.99. The van der Waals surface area contributed by atoms with Gasteiger partial charge in [0.1, 0.15) is 0 Å². The topological polar surface area (TPSA) is 73.2 Å². The summed E-state index contributed by atoms with van der Waals surface area (Å²) in [6, 6.07) is 11.7. The molecule has 10 heteroatoms. The molecular formula is C22H20F3N3O3S. The van der Waals surface area contributed by atoms with Crippen LogP contribution in [0.5, 0.6) is 0 Å². The summed E-state index contributed by atoms with van der Waals surface area (Å²) in [7, 11) is 0. The average molecular weight is 463 g/mol. The van der Waals surface area contributed by atoms with Crippen LogP contribution in [-0.2, 0) is 22.3 Å². The summed E-state index contributed by atoms with van der Waals surface area (Å²) < 4.78 is 46.6. The fourth-order valence-corrected chi connectivity index (χ4v) is 4.38. The lowest BCUT2D eigenvalue weighted by atomic mass is 10.1. The fourth-order valence-electron chi connectivity index (χ4n) is 3.57. The molecule has 168 valence electrons. The minimum atomic E-state index is -4.58. The predicted molar refractivity (Wildman–Crippen MR) is 116 cm³/mol. The summed E-state index contributed by atoms with van der Waals surface area (Å²) in [5.41, 5.74) is -0.978. The Morgan fingerprint density at radius 1 is 1.19 bits per heavy atom. The molecule has 1 amide bonds. The van der Waals surface area contributed by atoms with Gasteiger partial charge in [0.2, 0.25) is 5.91 Å². The number of aromatic nitrogens is 2. The number of amides is 1. The SMILES string of the molecule is O=C(CSc1nc2ccccc2c(=O)n1C[C@H]1CCCO1)Nc1ccccc1C(F)(F)F. The number of hydrogen-bond donors (Lipinski definition) is 1. The van der Waals surface area contributed by atoms with Crippen LogP contribution in [-0.4, -0.2) is 33.9 Å². The highest BCUT2D eigenvalue weighted by Gasteiger charge is 2.33.